The summed E-state index contributed by atoms with van der Waals surface area (Å²) in [5, 5.41) is 17.7. The van der Waals surface area contributed by atoms with Crippen molar-refractivity contribution in [3.05, 3.63) is 5.56 Å². The van der Waals surface area contributed by atoms with E-state index in [9.17, 15) is 9.90 Å². The Morgan fingerprint density at radius 1 is 1.29 bits per heavy atom. The molecule has 0 aromatic carbocycles. The van der Waals surface area contributed by atoms with Crippen molar-refractivity contribution in [1.82, 2.24) is 10.5 Å². The van der Waals surface area contributed by atoms with Gasteiger partial charge in [-0.1, -0.05) is 5.46 Å². The van der Waals surface area contributed by atoms with E-state index in [1.54, 1.807) is 0 Å². The van der Waals surface area contributed by atoms with Gasteiger partial charge < -0.3 is 5.11 Å². The highest BCUT2D eigenvalue weighted by atomic mass is 16.5. The van der Waals surface area contributed by atoms with Gasteiger partial charge in [-0.2, -0.15) is 0 Å². The topological polar surface area (TPSA) is 82.5 Å². The second-order valence-electron chi connectivity index (χ2n) is 2.46. The first kappa shape index (κ1) is 10.7. The second-order valence-corrected chi connectivity index (χ2v) is 2.46. The molecule has 0 atom stereocenters. The zero-order chi connectivity index (χ0) is 10.9. The average molecular weight is 184 g/mol. The maximum Gasteiger partial charge on any atom is 0.277 e. The van der Waals surface area contributed by atoms with E-state index in [2.05, 4.69) is 4.98 Å². The summed E-state index contributed by atoms with van der Waals surface area (Å²) in [6.45, 7) is 0. The molecule has 3 N–H and O–H groups in total. The van der Waals surface area contributed by atoms with Crippen molar-refractivity contribution in [1.29, 1.82) is 0 Å². The minimum absolute atomic E-state index is 0.195. The normalized spacial score (nSPS) is 9.79. The Morgan fingerprint density at radius 2 is 1.86 bits per heavy atom. The van der Waals surface area contributed by atoms with Gasteiger partial charge in [0.15, 0.2) is 0 Å². The summed E-state index contributed by atoms with van der Waals surface area (Å²) >= 11 is 0. The summed E-state index contributed by atoms with van der Waals surface area (Å²) < 4.78 is 0. The highest BCUT2D eigenvalue weighted by Crippen LogP contribution is 2.07. The molecule has 0 saturated carbocycles. The van der Waals surface area contributed by atoms with E-state index in [4.69, 9.17) is 28.7 Å². The quantitative estimate of drug-likeness (QED) is 0.238. The molecule has 0 aliphatic rings. The van der Waals surface area contributed by atoms with Crippen LogP contribution in [-0.2, 0) is 0 Å². The predicted molar refractivity (Wildman–Crippen MR) is 51.3 cm³/mol. The van der Waals surface area contributed by atoms with Crippen molar-refractivity contribution in [3.63, 3.8) is 0 Å². The van der Waals surface area contributed by atoms with Gasteiger partial charge in [-0.05, 0) is 5.59 Å². The van der Waals surface area contributed by atoms with Crippen molar-refractivity contribution in [2.45, 2.75) is 0 Å². The van der Waals surface area contributed by atoms with Crippen LogP contribution < -0.4 is 22.1 Å². The van der Waals surface area contributed by atoms with Crippen LogP contribution in [0.25, 0.3) is 0 Å². The first-order chi connectivity index (χ1) is 6.49. The number of hydroxylamine groups is 1. The molecular formula is C6H3B3N2O3. The third-order valence-corrected chi connectivity index (χ3v) is 1.59. The number of nitrogens with zero attached hydrogens (tertiary/aromatic N) is 1. The molecule has 0 unspecified atom stereocenters. The van der Waals surface area contributed by atoms with E-state index in [0.29, 0.717) is 0 Å². The maximum absolute atomic E-state index is 11.0. The first-order valence-electron chi connectivity index (χ1n) is 3.46. The molecule has 0 fully saturated rings. The van der Waals surface area contributed by atoms with Crippen LogP contribution in [0.3, 0.4) is 0 Å². The summed E-state index contributed by atoms with van der Waals surface area (Å²) in [6, 6.07) is 0. The molecule has 0 bridgehead atoms. The fraction of sp³-hybridized carbons (Fsp3) is 0. The Balaban J connectivity index is 3.47. The minimum Gasteiger partial charge on any atom is -0.506 e. The number of hydrogen-bond acceptors (Lipinski definition) is 4. The number of carbonyl (C=O) groups is 1. The van der Waals surface area contributed by atoms with Crippen molar-refractivity contribution in [2.75, 3.05) is 0 Å². The van der Waals surface area contributed by atoms with Gasteiger partial charge in [0.1, 0.15) is 29.3 Å². The third kappa shape index (κ3) is 1.61. The number of pyridine rings is 1. The van der Waals surface area contributed by atoms with Crippen LogP contribution in [0, 0.1) is 0 Å². The van der Waals surface area contributed by atoms with Gasteiger partial charge in [-0.3, -0.25) is 15.0 Å². The van der Waals surface area contributed by atoms with Gasteiger partial charge in [0.05, 0.1) is 5.56 Å². The summed E-state index contributed by atoms with van der Waals surface area (Å²) in [4.78, 5) is 14.5. The average Bonchev–Trinajstić information content (AvgIpc) is 2.15. The van der Waals surface area contributed by atoms with Gasteiger partial charge in [0.2, 0.25) is 0 Å². The number of aromatic nitrogens is 1. The first-order valence-corrected chi connectivity index (χ1v) is 3.46. The summed E-state index contributed by atoms with van der Waals surface area (Å²) in [7, 11) is 15.9. The van der Waals surface area contributed by atoms with Gasteiger partial charge in [-0.25, -0.2) is 5.48 Å². The Kier molecular flexibility index (Phi) is 2.86. The molecule has 1 heterocycles. The summed E-state index contributed by atoms with van der Waals surface area (Å²) in [5.41, 5.74) is 0.114. The predicted octanol–water partition coefficient (Wildman–Crippen LogP) is -3.71. The molecule has 1 aromatic heterocycles. The van der Waals surface area contributed by atoms with Crippen LogP contribution in [0.4, 0.5) is 0 Å². The lowest BCUT2D eigenvalue weighted by Crippen LogP contribution is -2.41. The molecule has 5 nitrogen and oxygen atoms in total. The fourth-order valence-corrected chi connectivity index (χ4v) is 0.912. The number of amides is 1. The van der Waals surface area contributed by atoms with E-state index in [1.807, 2.05) is 0 Å². The van der Waals surface area contributed by atoms with Crippen molar-refractivity contribution in [3.8, 4) is 5.75 Å². The van der Waals surface area contributed by atoms with E-state index in [0.717, 1.165) is 0 Å². The van der Waals surface area contributed by atoms with Crippen LogP contribution in [-0.4, -0.2) is 44.7 Å². The Hall–Kier alpha value is -1.43. The maximum atomic E-state index is 11.0. The molecule has 1 rings (SSSR count). The molecule has 14 heavy (non-hydrogen) atoms. The number of hydrogen-bond donors (Lipinski definition) is 3. The molecule has 0 saturated heterocycles. The Labute approximate surface area is 83.7 Å². The number of nitrogens with one attached hydrogen (secondary N) is 1. The lowest BCUT2D eigenvalue weighted by atomic mass is 9.79. The monoisotopic (exact) mass is 184 g/mol. The van der Waals surface area contributed by atoms with Crippen LogP contribution >= 0.6 is 0 Å². The second kappa shape index (κ2) is 3.75. The Bertz CT molecular complexity index is 370. The smallest absolute Gasteiger partial charge is 0.277 e. The Morgan fingerprint density at radius 3 is 2.36 bits per heavy atom. The summed E-state index contributed by atoms with van der Waals surface area (Å²) in [5.74, 6) is -1.64. The molecular weight excluding hydrogens is 181 g/mol. The lowest BCUT2D eigenvalue weighted by Gasteiger charge is -2.11. The molecule has 64 valence electrons. The van der Waals surface area contributed by atoms with E-state index < -0.39 is 17.2 Å². The minimum atomic E-state index is -1.01. The molecule has 8 heteroatoms. The van der Waals surface area contributed by atoms with Gasteiger partial charge in [-0.15, -0.1) is 0 Å². The molecule has 1 aromatic rings. The highest BCUT2D eigenvalue weighted by molar-refractivity contribution is 6.51. The third-order valence-electron chi connectivity index (χ3n) is 1.59. The standard InChI is InChI=1S/C6H3B3N2O3/c7-2-1(6(13)11-14)3(12)5(9)10-4(2)8/h12,14H,(H,11,13). The summed E-state index contributed by atoms with van der Waals surface area (Å²) in [6.07, 6.45) is 0. The number of aromatic hydroxyl groups is 1. The van der Waals surface area contributed by atoms with E-state index in [-0.39, 0.29) is 16.6 Å². The molecule has 0 aliphatic carbocycles. The van der Waals surface area contributed by atoms with Crippen molar-refractivity contribution in [2.24, 2.45) is 0 Å². The molecule has 0 aliphatic heterocycles. The van der Waals surface area contributed by atoms with Crippen molar-refractivity contribution >= 4 is 46.1 Å². The molecule has 1 amide bonds. The van der Waals surface area contributed by atoms with Gasteiger partial charge in [0.25, 0.3) is 5.91 Å². The molecule has 6 radical (unpaired) electrons. The zero-order valence-corrected chi connectivity index (χ0v) is 6.98. The number of carbonyl (C=O) groups excluding carboxylic acids is 1. The number of rotatable bonds is 1. The van der Waals surface area contributed by atoms with Crippen LogP contribution in [0.5, 0.6) is 5.75 Å². The van der Waals surface area contributed by atoms with Crippen LogP contribution in [0.15, 0.2) is 0 Å². The van der Waals surface area contributed by atoms with Crippen molar-refractivity contribution < 1.29 is 15.1 Å². The van der Waals surface area contributed by atoms with Gasteiger partial charge >= 0.3 is 0 Å². The zero-order valence-electron chi connectivity index (χ0n) is 6.98. The highest BCUT2D eigenvalue weighted by Gasteiger charge is 2.17. The fourth-order valence-electron chi connectivity index (χ4n) is 0.912. The van der Waals surface area contributed by atoms with E-state index >= 15 is 0 Å². The van der Waals surface area contributed by atoms with E-state index in [1.165, 1.54) is 5.48 Å². The molecule has 0 spiro atoms. The SMILES string of the molecule is [B]c1nc([B])c(O)c(C(=O)NO)c1[B]. The lowest BCUT2D eigenvalue weighted by molar-refractivity contribution is 0.0705. The largest absolute Gasteiger partial charge is 0.506 e. The van der Waals surface area contributed by atoms with Crippen LogP contribution in [0.1, 0.15) is 10.4 Å². The van der Waals surface area contributed by atoms with Gasteiger partial charge in [0, 0.05) is 5.59 Å². The van der Waals surface area contributed by atoms with Crippen LogP contribution in [0.2, 0.25) is 0 Å².